The fraction of sp³-hybridized carbons (Fsp3) is 0.333. The standard InChI is InChI=1S/C15H18FN3O/c1-2-6-17-10-13-9-15(20)19-14(18-13)8-11-4-3-5-12(16)7-11/h3-5,7,9,17H,2,6,8,10H2,1H3,(H,18,19,20). The highest BCUT2D eigenvalue weighted by Crippen LogP contribution is 2.07. The van der Waals surface area contributed by atoms with Gasteiger partial charge in [0.05, 0.1) is 5.69 Å². The number of hydrogen-bond acceptors (Lipinski definition) is 3. The van der Waals surface area contributed by atoms with Gasteiger partial charge >= 0.3 is 0 Å². The molecule has 4 nitrogen and oxygen atoms in total. The van der Waals surface area contributed by atoms with Crippen molar-refractivity contribution in [1.82, 2.24) is 15.3 Å². The third kappa shape index (κ3) is 4.28. The first-order valence-corrected chi connectivity index (χ1v) is 6.71. The molecule has 2 aromatic rings. The number of nitrogens with zero attached hydrogens (tertiary/aromatic N) is 1. The number of aromatic amines is 1. The first kappa shape index (κ1) is 14.4. The fourth-order valence-electron chi connectivity index (χ4n) is 1.97. The topological polar surface area (TPSA) is 57.8 Å². The van der Waals surface area contributed by atoms with Crippen LogP contribution in [0.3, 0.4) is 0 Å². The summed E-state index contributed by atoms with van der Waals surface area (Å²) in [7, 11) is 0. The third-order valence-electron chi connectivity index (χ3n) is 2.84. The molecule has 0 spiro atoms. The lowest BCUT2D eigenvalue weighted by Gasteiger charge is -2.06. The largest absolute Gasteiger partial charge is 0.311 e. The van der Waals surface area contributed by atoms with Crippen LogP contribution in [0.25, 0.3) is 0 Å². The Bertz CT molecular complexity index is 625. The zero-order chi connectivity index (χ0) is 14.4. The summed E-state index contributed by atoms with van der Waals surface area (Å²) in [5.74, 6) is 0.266. The Labute approximate surface area is 117 Å². The van der Waals surface area contributed by atoms with Gasteiger partial charge < -0.3 is 10.3 Å². The average molecular weight is 275 g/mol. The molecule has 0 unspecified atom stereocenters. The average Bonchev–Trinajstić information content (AvgIpc) is 2.38. The van der Waals surface area contributed by atoms with E-state index in [0.29, 0.717) is 24.5 Å². The van der Waals surface area contributed by atoms with Crippen molar-refractivity contribution >= 4 is 0 Å². The Kier molecular flexibility index (Phi) is 5.01. The van der Waals surface area contributed by atoms with Crippen LogP contribution >= 0.6 is 0 Å². The molecule has 0 aliphatic carbocycles. The number of halogens is 1. The van der Waals surface area contributed by atoms with Crippen LogP contribution in [-0.4, -0.2) is 16.5 Å². The molecular formula is C15H18FN3O. The number of rotatable bonds is 6. The summed E-state index contributed by atoms with van der Waals surface area (Å²) in [5, 5.41) is 3.20. The van der Waals surface area contributed by atoms with Crippen LogP contribution in [0, 0.1) is 5.82 Å². The van der Waals surface area contributed by atoms with Crippen molar-refractivity contribution in [2.24, 2.45) is 0 Å². The molecule has 0 atom stereocenters. The Morgan fingerprint density at radius 2 is 2.20 bits per heavy atom. The maximum absolute atomic E-state index is 13.1. The quantitative estimate of drug-likeness (QED) is 0.793. The Morgan fingerprint density at radius 3 is 2.95 bits per heavy atom. The van der Waals surface area contributed by atoms with Crippen molar-refractivity contribution in [1.29, 1.82) is 0 Å². The van der Waals surface area contributed by atoms with Gasteiger partial charge in [0.15, 0.2) is 0 Å². The highest BCUT2D eigenvalue weighted by molar-refractivity contribution is 5.20. The van der Waals surface area contributed by atoms with E-state index in [0.717, 1.165) is 18.5 Å². The maximum Gasteiger partial charge on any atom is 0.251 e. The normalized spacial score (nSPS) is 10.7. The summed E-state index contributed by atoms with van der Waals surface area (Å²) in [4.78, 5) is 18.7. The molecule has 1 heterocycles. The van der Waals surface area contributed by atoms with Gasteiger partial charge in [0, 0.05) is 19.0 Å². The number of H-pyrrole nitrogens is 1. The molecular weight excluding hydrogens is 257 g/mol. The van der Waals surface area contributed by atoms with Crippen LogP contribution in [0.5, 0.6) is 0 Å². The molecule has 0 aliphatic rings. The van der Waals surface area contributed by atoms with Crippen LogP contribution in [0.2, 0.25) is 0 Å². The van der Waals surface area contributed by atoms with E-state index in [1.165, 1.54) is 18.2 Å². The summed E-state index contributed by atoms with van der Waals surface area (Å²) in [6.07, 6.45) is 1.44. The Balaban J connectivity index is 2.13. The number of aromatic nitrogens is 2. The Hall–Kier alpha value is -2.01. The fourth-order valence-corrected chi connectivity index (χ4v) is 1.97. The van der Waals surface area contributed by atoms with E-state index in [-0.39, 0.29) is 11.4 Å². The van der Waals surface area contributed by atoms with Crippen LogP contribution in [0.4, 0.5) is 4.39 Å². The molecule has 20 heavy (non-hydrogen) atoms. The van der Waals surface area contributed by atoms with E-state index in [1.54, 1.807) is 6.07 Å². The third-order valence-corrected chi connectivity index (χ3v) is 2.84. The van der Waals surface area contributed by atoms with Gasteiger partial charge in [-0.05, 0) is 30.7 Å². The Morgan fingerprint density at radius 1 is 1.35 bits per heavy atom. The van der Waals surface area contributed by atoms with Gasteiger partial charge in [-0.15, -0.1) is 0 Å². The smallest absolute Gasteiger partial charge is 0.251 e. The lowest BCUT2D eigenvalue weighted by atomic mass is 10.1. The second-order valence-electron chi connectivity index (χ2n) is 4.67. The van der Waals surface area contributed by atoms with E-state index < -0.39 is 0 Å². The highest BCUT2D eigenvalue weighted by atomic mass is 19.1. The predicted molar refractivity (Wildman–Crippen MR) is 76.1 cm³/mol. The molecule has 0 saturated heterocycles. The van der Waals surface area contributed by atoms with E-state index >= 15 is 0 Å². The van der Waals surface area contributed by atoms with Gasteiger partial charge in [-0.1, -0.05) is 19.1 Å². The summed E-state index contributed by atoms with van der Waals surface area (Å²) in [6.45, 7) is 3.52. The molecule has 0 radical (unpaired) electrons. The van der Waals surface area contributed by atoms with Crippen molar-refractivity contribution in [3.63, 3.8) is 0 Å². The van der Waals surface area contributed by atoms with Crippen molar-refractivity contribution < 1.29 is 4.39 Å². The lowest BCUT2D eigenvalue weighted by Crippen LogP contribution is -2.19. The monoisotopic (exact) mass is 275 g/mol. The van der Waals surface area contributed by atoms with Crippen LogP contribution in [-0.2, 0) is 13.0 Å². The van der Waals surface area contributed by atoms with Gasteiger partial charge in [-0.25, -0.2) is 9.37 Å². The zero-order valence-corrected chi connectivity index (χ0v) is 11.4. The van der Waals surface area contributed by atoms with E-state index in [9.17, 15) is 9.18 Å². The lowest BCUT2D eigenvalue weighted by molar-refractivity contribution is 0.625. The van der Waals surface area contributed by atoms with Gasteiger partial charge in [0.25, 0.3) is 5.56 Å². The predicted octanol–water partition coefficient (Wildman–Crippen LogP) is 2.00. The summed E-state index contributed by atoms with van der Waals surface area (Å²) in [6, 6.07) is 7.78. The first-order chi connectivity index (χ1) is 9.67. The van der Waals surface area contributed by atoms with Gasteiger partial charge in [0.1, 0.15) is 11.6 Å². The van der Waals surface area contributed by atoms with Crippen molar-refractivity contribution in [2.45, 2.75) is 26.3 Å². The van der Waals surface area contributed by atoms with Gasteiger partial charge in [0.2, 0.25) is 0 Å². The molecule has 0 bridgehead atoms. The van der Waals surface area contributed by atoms with Crippen molar-refractivity contribution in [2.75, 3.05) is 6.54 Å². The molecule has 1 aromatic carbocycles. The molecule has 2 N–H and O–H groups in total. The minimum atomic E-state index is -0.286. The van der Waals surface area contributed by atoms with Crippen molar-refractivity contribution in [3.05, 3.63) is 63.6 Å². The number of benzene rings is 1. The second kappa shape index (κ2) is 6.96. The van der Waals surface area contributed by atoms with Crippen molar-refractivity contribution in [3.8, 4) is 0 Å². The van der Waals surface area contributed by atoms with E-state index in [4.69, 9.17) is 0 Å². The molecule has 5 heteroatoms. The summed E-state index contributed by atoms with van der Waals surface area (Å²) < 4.78 is 13.1. The molecule has 0 saturated carbocycles. The molecule has 106 valence electrons. The molecule has 2 rings (SSSR count). The van der Waals surface area contributed by atoms with Gasteiger partial charge in [-0.3, -0.25) is 4.79 Å². The van der Waals surface area contributed by atoms with E-state index in [2.05, 4.69) is 22.2 Å². The van der Waals surface area contributed by atoms with Crippen LogP contribution < -0.4 is 10.9 Å². The molecule has 1 aromatic heterocycles. The summed E-state index contributed by atoms with van der Waals surface area (Å²) >= 11 is 0. The molecule has 0 amide bonds. The minimum absolute atomic E-state index is 0.181. The number of hydrogen-bond donors (Lipinski definition) is 2. The maximum atomic E-state index is 13.1. The van der Waals surface area contributed by atoms with Gasteiger partial charge in [-0.2, -0.15) is 0 Å². The van der Waals surface area contributed by atoms with E-state index in [1.807, 2.05) is 6.07 Å². The number of nitrogens with one attached hydrogen (secondary N) is 2. The minimum Gasteiger partial charge on any atom is -0.311 e. The second-order valence-corrected chi connectivity index (χ2v) is 4.67. The SMILES string of the molecule is CCCNCc1cc(=O)[nH]c(Cc2cccc(F)c2)n1. The molecule has 0 fully saturated rings. The van der Waals surface area contributed by atoms with Crippen LogP contribution in [0.15, 0.2) is 35.1 Å². The molecule has 0 aliphatic heterocycles. The zero-order valence-electron chi connectivity index (χ0n) is 11.4. The first-order valence-electron chi connectivity index (χ1n) is 6.71. The summed E-state index contributed by atoms with van der Waals surface area (Å²) in [5.41, 5.74) is 1.31. The van der Waals surface area contributed by atoms with Crippen LogP contribution in [0.1, 0.15) is 30.4 Å². The highest BCUT2D eigenvalue weighted by Gasteiger charge is 2.03.